The van der Waals surface area contributed by atoms with E-state index in [2.05, 4.69) is 15.7 Å². The average molecular weight is 447 g/mol. The van der Waals surface area contributed by atoms with Gasteiger partial charge in [0.1, 0.15) is 11.4 Å². The number of hydrogen-bond acceptors (Lipinski definition) is 6. The zero-order valence-electron chi connectivity index (χ0n) is 16.7. The maximum absolute atomic E-state index is 13.9. The molecule has 0 bridgehead atoms. The first-order chi connectivity index (χ1) is 14.7. The van der Waals surface area contributed by atoms with Gasteiger partial charge in [0.25, 0.3) is 5.91 Å². The maximum atomic E-state index is 13.9. The van der Waals surface area contributed by atoms with Gasteiger partial charge >= 0.3 is 0 Å². The summed E-state index contributed by atoms with van der Waals surface area (Å²) in [5.74, 6) is -0.264. The minimum absolute atomic E-state index is 0.0456. The Morgan fingerprint density at radius 3 is 2.32 bits per heavy atom. The van der Waals surface area contributed by atoms with Crippen LogP contribution in [0.25, 0.3) is 11.4 Å². The van der Waals surface area contributed by atoms with Crippen molar-refractivity contribution in [2.45, 2.75) is 20.0 Å². The van der Waals surface area contributed by atoms with Crippen LogP contribution in [0.2, 0.25) is 5.02 Å². The van der Waals surface area contributed by atoms with Crippen LogP contribution in [-0.4, -0.2) is 28.4 Å². The molecule has 0 atom stereocenters. The molecule has 31 heavy (non-hydrogen) atoms. The predicted molar refractivity (Wildman–Crippen MR) is 113 cm³/mol. The van der Waals surface area contributed by atoms with Gasteiger partial charge in [-0.2, -0.15) is 4.98 Å². The minimum atomic E-state index is -0.685. The number of amides is 2. The van der Waals surface area contributed by atoms with E-state index in [1.807, 2.05) is 13.8 Å². The summed E-state index contributed by atoms with van der Waals surface area (Å²) < 4.78 is 24.9. The van der Waals surface area contributed by atoms with E-state index >= 15 is 0 Å². The van der Waals surface area contributed by atoms with E-state index < -0.39 is 11.7 Å². The number of primary amides is 2. The Bertz CT molecular complexity index is 1060. The Balaban J connectivity index is 0.00000107. The monoisotopic (exact) mass is 446 g/mol. The summed E-state index contributed by atoms with van der Waals surface area (Å²) in [4.78, 5) is 28.6. The van der Waals surface area contributed by atoms with Gasteiger partial charge in [0.2, 0.25) is 12.3 Å². The molecule has 2 amide bonds. The molecule has 0 spiro atoms. The summed E-state index contributed by atoms with van der Waals surface area (Å²) in [6.45, 7) is 3.68. The van der Waals surface area contributed by atoms with Crippen LogP contribution < -0.4 is 20.9 Å². The van der Waals surface area contributed by atoms with Crippen LogP contribution in [0.15, 0.2) is 48.5 Å². The van der Waals surface area contributed by atoms with Gasteiger partial charge in [0, 0.05) is 16.7 Å². The second-order valence-corrected chi connectivity index (χ2v) is 6.72. The molecule has 0 saturated carbocycles. The molecule has 8 nitrogen and oxygen atoms in total. The minimum Gasteiger partial charge on any atom is -0.475 e. The zero-order chi connectivity index (χ0) is 23.0. The third kappa shape index (κ3) is 6.93. The third-order valence-corrected chi connectivity index (χ3v) is 3.78. The summed E-state index contributed by atoms with van der Waals surface area (Å²) in [5, 5.41) is 0.283. The van der Waals surface area contributed by atoms with Gasteiger partial charge in [0.15, 0.2) is 17.4 Å². The van der Waals surface area contributed by atoms with E-state index in [4.69, 9.17) is 31.6 Å². The number of ether oxygens (including phenoxy) is 2. The zero-order valence-corrected chi connectivity index (χ0v) is 17.5. The van der Waals surface area contributed by atoms with Crippen LogP contribution in [-0.2, 0) is 4.79 Å². The van der Waals surface area contributed by atoms with Crippen molar-refractivity contribution >= 4 is 23.9 Å². The lowest BCUT2D eigenvalue weighted by molar-refractivity contribution is -0.106. The number of carbonyl (C=O) groups is 2. The number of nitrogens with zero attached hydrogens (tertiary/aromatic N) is 2. The van der Waals surface area contributed by atoms with E-state index in [9.17, 15) is 9.18 Å². The molecule has 0 aliphatic carbocycles. The van der Waals surface area contributed by atoms with Crippen molar-refractivity contribution in [1.82, 2.24) is 9.97 Å². The topological polar surface area (TPSA) is 130 Å². The highest BCUT2D eigenvalue weighted by molar-refractivity contribution is 6.30. The van der Waals surface area contributed by atoms with Gasteiger partial charge in [-0.3, -0.25) is 9.59 Å². The van der Waals surface area contributed by atoms with Gasteiger partial charge in [-0.1, -0.05) is 11.6 Å². The van der Waals surface area contributed by atoms with Crippen LogP contribution >= 0.6 is 11.6 Å². The fourth-order valence-electron chi connectivity index (χ4n) is 2.34. The van der Waals surface area contributed by atoms with Crippen molar-refractivity contribution in [2.24, 2.45) is 11.5 Å². The van der Waals surface area contributed by atoms with Crippen LogP contribution in [0, 0.1) is 5.82 Å². The van der Waals surface area contributed by atoms with Crippen LogP contribution in [0.3, 0.4) is 0 Å². The lowest BCUT2D eigenvalue weighted by Crippen LogP contribution is -2.16. The summed E-state index contributed by atoms with van der Waals surface area (Å²) in [7, 11) is 0. The molecule has 2 aromatic carbocycles. The highest BCUT2D eigenvalue weighted by atomic mass is 35.5. The Kier molecular flexibility index (Phi) is 8.27. The average Bonchev–Trinajstić information content (AvgIpc) is 2.70. The smallest absolute Gasteiger partial charge is 0.267 e. The predicted octanol–water partition coefficient (Wildman–Crippen LogP) is 3.72. The third-order valence-electron chi connectivity index (χ3n) is 3.55. The van der Waals surface area contributed by atoms with Gasteiger partial charge in [-0.15, -0.1) is 0 Å². The molecule has 0 radical (unpaired) electrons. The quantitative estimate of drug-likeness (QED) is 0.555. The molecule has 10 heteroatoms. The Hall–Kier alpha value is -3.72. The first-order valence-corrected chi connectivity index (χ1v) is 9.35. The van der Waals surface area contributed by atoms with Crippen molar-refractivity contribution in [3.05, 3.63) is 65.1 Å². The molecule has 4 N–H and O–H groups in total. The molecule has 3 aromatic rings. The highest BCUT2D eigenvalue weighted by Crippen LogP contribution is 2.28. The molecule has 3 rings (SSSR count). The van der Waals surface area contributed by atoms with Crippen molar-refractivity contribution < 1.29 is 23.5 Å². The fourth-order valence-corrected chi connectivity index (χ4v) is 2.50. The SMILES string of the molecule is CC(C)Oc1cc(C(N)=O)nc(-c2ccc(Oc3ccc(Cl)cc3F)cc2)n1.NC=O. The largest absolute Gasteiger partial charge is 0.475 e. The van der Waals surface area contributed by atoms with Crippen LogP contribution in [0.5, 0.6) is 17.4 Å². The van der Waals surface area contributed by atoms with Crippen molar-refractivity contribution in [2.75, 3.05) is 0 Å². The van der Waals surface area contributed by atoms with E-state index in [-0.39, 0.29) is 40.7 Å². The first kappa shape index (κ1) is 23.6. The molecule has 1 aromatic heterocycles. The summed E-state index contributed by atoms with van der Waals surface area (Å²) in [6.07, 6.45) is 0.119. The summed E-state index contributed by atoms with van der Waals surface area (Å²) in [6, 6.07) is 12.2. The number of hydrogen-bond donors (Lipinski definition) is 2. The molecule has 162 valence electrons. The number of carbonyl (C=O) groups excluding carboxylic acids is 2. The molecular formula is C21H20ClFN4O4. The number of rotatable bonds is 6. The normalized spacial score (nSPS) is 10.1. The summed E-state index contributed by atoms with van der Waals surface area (Å²) >= 11 is 5.74. The van der Waals surface area contributed by atoms with Crippen molar-refractivity contribution in [3.63, 3.8) is 0 Å². The van der Waals surface area contributed by atoms with Crippen molar-refractivity contribution in [1.29, 1.82) is 0 Å². The molecule has 0 fully saturated rings. The number of nitrogens with two attached hydrogens (primary N) is 2. The van der Waals surface area contributed by atoms with Crippen LogP contribution in [0.1, 0.15) is 24.3 Å². The van der Waals surface area contributed by atoms with Crippen LogP contribution in [0.4, 0.5) is 4.39 Å². The number of benzene rings is 2. The fraction of sp³-hybridized carbons (Fsp3) is 0.143. The number of aromatic nitrogens is 2. The van der Waals surface area contributed by atoms with E-state index in [0.29, 0.717) is 11.3 Å². The van der Waals surface area contributed by atoms with E-state index in [1.165, 1.54) is 24.3 Å². The highest BCUT2D eigenvalue weighted by Gasteiger charge is 2.13. The van der Waals surface area contributed by atoms with Gasteiger partial charge in [-0.05, 0) is 56.3 Å². The van der Waals surface area contributed by atoms with E-state index in [0.717, 1.165) is 0 Å². The molecular weight excluding hydrogens is 427 g/mol. The van der Waals surface area contributed by atoms with Gasteiger partial charge in [-0.25, -0.2) is 9.37 Å². The molecule has 0 saturated heterocycles. The second-order valence-electron chi connectivity index (χ2n) is 6.28. The lowest BCUT2D eigenvalue weighted by Gasteiger charge is -2.11. The Morgan fingerprint density at radius 1 is 1.13 bits per heavy atom. The van der Waals surface area contributed by atoms with Gasteiger partial charge < -0.3 is 20.9 Å². The maximum Gasteiger partial charge on any atom is 0.267 e. The Labute approximate surface area is 183 Å². The Morgan fingerprint density at radius 2 is 1.77 bits per heavy atom. The summed E-state index contributed by atoms with van der Waals surface area (Å²) in [5.41, 5.74) is 10.2. The number of halogens is 2. The molecule has 0 aliphatic heterocycles. The molecule has 1 heterocycles. The molecule has 0 aliphatic rings. The molecule has 0 unspecified atom stereocenters. The van der Waals surface area contributed by atoms with E-state index in [1.54, 1.807) is 24.3 Å². The van der Waals surface area contributed by atoms with Crippen molar-refractivity contribution in [3.8, 4) is 28.8 Å². The van der Waals surface area contributed by atoms with Gasteiger partial charge in [0.05, 0.1) is 6.10 Å². The first-order valence-electron chi connectivity index (χ1n) is 8.97. The lowest BCUT2D eigenvalue weighted by atomic mass is 10.2. The standard InChI is InChI=1S/C20H17ClFN3O3.CH3NO/c1-11(2)27-18-10-16(19(23)26)24-20(25-18)12-3-6-14(7-4-12)28-17-8-5-13(21)9-15(17)22;2-1-3/h3-11H,1-2H3,(H2,23,26);1H,(H2,2,3). The second kappa shape index (κ2) is 10.9.